The van der Waals surface area contributed by atoms with E-state index in [0.29, 0.717) is 12.8 Å². The van der Waals surface area contributed by atoms with Crippen molar-refractivity contribution in [3.8, 4) is 0 Å². The summed E-state index contributed by atoms with van der Waals surface area (Å²) in [6.07, 6.45) is 123. The van der Waals surface area contributed by atoms with Gasteiger partial charge in [-0.2, -0.15) is 0 Å². The summed E-state index contributed by atoms with van der Waals surface area (Å²) in [6, 6.07) is 0. The number of hydrogen-bond donors (Lipinski definition) is 1. The summed E-state index contributed by atoms with van der Waals surface area (Å²) in [5.41, 5.74) is 0. The first-order valence-corrected chi connectivity index (χ1v) is 37.0. The topological polar surface area (TPSA) is 72.8 Å². The highest BCUT2D eigenvalue weighted by Gasteiger charge is 2.16. The first-order valence-electron chi connectivity index (χ1n) is 37.0. The van der Waals surface area contributed by atoms with Crippen LogP contribution in [0.3, 0.4) is 0 Å². The van der Waals surface area contributed by atoms with Gasteiger partial charge in [0.15, 0.2) is 6.10 Å². The molecule has 0 fully saturated rings. The smallest absolute Gasteiger partial charge is 0.306 e. The molecule has 0 radical (unpaired) electrons. The van der Waals surface area contributed by atoms with E-state index in [2.05, 4.69) is 208 Å². The Bertz CT molecular complexity index is 2040. The van der Waals surface area contributed by atoms with E-state index in [9.17, 15) is 14.7 Å². The van der Waals surface area contributed by atoms with Crippen LogP contribution in [-0.4, -0.2) is 36.4 Å². The molecule has 5 heteroatoms. The minimum Gasteiger partial charge on any atom is -0.462 e. The SMILES string of the molecule is CC/C=C\C/C=C\C/C=C\C/C=C\C/C=C\C/C=C\C/C=C\C/C=C\C/C=C\C/C=C\CCCCCCCCC(=O)OC(CO)COC(=O)CCCCCCCCCCCCCCCCCCCCCC/C=C\C/C=C\C/C=C\C/C=C\C/C=C\C/C=C\CC. The quantitative estimate of drug-likeness (QED) is 0.0373. The van der Waals surface area contributed by atoms with Gasteiger partial charge in [-0.25, -0.2) is 0 Å². The molecule has 0 saturated carbocycles. The molecule has 0 heterocycles. The number of ether oxygens (including phenoxy) is 2. The summed E-state index contributed by atoms with van der Waals surface area (Å²) in [5, 5.41) is 9.71. The largest absolute Gasteiger partial charge is 0.462 e. The summed E-state index contributed by atoms with van der Waals surface area (Å²) < 4.78 is 10.8. The molecule has 0 aromatic heterocycles. The van der Waals surface area contributed by atoms with Gasteiger partial charge in [-0.05, 0) is 141 Å². The van der Waals surface area contributed by atoms with Gasteiger partial charge in [-0.15, -0.1) is 0 Å². The van der Waals surface area contributed by atoms with Crippen molar-refractivity contribution in [2.75, 3.05) is 13.2 Å². The molecule has 0 saturated heterocycles. The molecule has 90 heavy (non-hydrogen) atoms. The van der Waals surface area contributed by atoms with E-state index in [1.807, 2.05) is 0 Å². The number of allylic oxidation sites excluding steroid dienone is 32. The average Bonchev–Trinajstić information content (AvgIpc) is 3.62. The zero-order chi connectivity index (χ0) is 64.7. The van der Waals surface area contributed by atoms with Crippen LogP contribution in [0.15, 0.2) is 194 Å². The fraction of sp³-hybridized carbons (Fsp3) is 0.600. The van der Waals surface area contributed by atoms with Crippen molar-refractivity contribution in [2.24, 2.45) is 0 Å². The molecule has 0 spiro atoms. The number of rotatable bonds is 66. The molecule has 0 amide bonds. The lowest BCUT2D eigenvalue weighted by Crippen LogP contribution is -2.28. The lowest BCUT2D eigenvalue weighted by atomic mass is 10.0. The normalized spacial score (nSPS) is 13.4. The summed E-state index contributed by atoms with van der Waals surface area (Å²) >= 11 is 0. The number of carbonyl (C=O) groups excluding carboxylic acids is 2. The van der Waals surface area contributed by atoms with Crippen molar-refractivity contribution in [2.45, 2.75) is 315 Å². The van der Waals surface area contributed by atoms with Crippen molar-refractivity contribution in [1.29, 1.82) is 0 Å². The van der Waals surface area contributed by atoms with E-state index in [0.717, 1.165) is 154 Å². The molecule has 1 unspecified atom stereocenters. The van der Waals surface area contributed by atoms with Crippen LogP contribution < -0.4 is 0 Å². The van der Waals surface area contributed by atoms with Gasteiger partial charge < -0.3 is 14.6 Å². The van der Waals surface area contributed by atoms with Gasteiger partial charge in [0.05, 0.1) is 6.61 Å². The Labute approximate surface area is 556 Å². The van der Waals surface area contributed by atoms with Crippen LogP contribution in [0.25, 0.3) is 0 Å². The number of unbranched alkanes of at least 4 members (excludes halogenated alkanes) is 26. The molecule has 1 N–H and O–H groups in total. The van der Waals surface area contributed by atoms with Crippen LogP contribution >= 0.6 is 0 Å². The van der Waals surface area contributed by atoms with Crippen molar-refractivity contribution >= 4 is 11.9 Å². The Hall–Kier alpha value is -5.26. The standard InChI is InChI=1S/C85H136O5/c1-3-5-7-9-11-13-15-17-19-21-23-25-27-29-31-33-35-37-39-41-42-44-45-47-49-51-53-55-57-59-61-63-65-67-69-71-73-75-77-79-84(87)89-82-83(81-86)90-85(88)80-78-76-74-72-70-68-66-64-62-60-58-56-54-52-50-48-46-43-40-38-36-34-32-30-28-26-24-22-20-18-16-14-12-10-8-6-4-2/h5-8,11-14,17-20,23-26,29-32,35-38,43,46,50,52,56,58,62,64,83,86H,3-4,9-10,15-16,21-22,27-28,33-34,39-42,44-45,47-49,51,53-55,57,59-61,63,65-82H2,1-2H3/b7-5-,8-6-,13-11-,14-12-,19-17-,20-18-,25-23-,26-24-,31-29-,32-30-,37-35-,38-36-,46-43-,52-50-,58-56-,64-62-. The van der Waals surface area contributed by atoms with Crippen LogP contribution in [0.5, 0.6) is 0 Å². The zero-order valence-electron chi connectivity index (χ0n) is 58.1. The third-order valence-electron chi connectivity index (χ3n) is 15.4. The third kappa shape index (κ3) is 75.2. The lowest BCUT2D eigenvalue weighted by molar-refractivity contribution is -0.161. The molecule has 1 atom stereocenters. The molecular formula is C85H136O5. The molecular weight excluding hydrogens is 1100 g/mol. The third-order valence-corrected chi connectivity index (χ3v) is 15.4. The van der Waals surface area contributed by atoms with Crippen molar-refractivity contribution in [1.82, 2.24) is 0 Å². The van der Waals surface area contributed by atoms with Crippen LogP contribution in [-0.2, 0) is 19.1 Å². The predicted octanol–water partition coefficient (Wildman–Crippen LogP) is 26.3. The van der Waals surface area contributed by atoms with E-state index in [1.165, 1.54) is 128 Å². The Kier molecular flexibility index (Phi) is 73.4. The van der Waals surface area contributed by atoms with E-state index < -0.39 is 6.10 Å². The highest BCUT2D eigenvalue weighted by Crippen LogP contribution is 2.17. The summed E-state index contributed by atoms with van der Waals surface area (Å²) in [5.74, 6) is -0.610. The van der Waals surface area contributed by atoms with Gasteiger partial charge in [0.25, 0.3) is 0 Å². The number of hydrogen-bond acceptors (Lipinski definition) is 5. The lowest BCUT2D eigenvalue weighted by Gasteiger charge is -2.15. The Morgan fingerprint density at radius 3 is 0.667 bits per heavy atom. The van der Waals surface area contributed by atoms with Crippen LogP contribution in [0.1, 0.15) is 309 Å². The molecule has 0 aromatic rings. The molecule has 5 nitrogen and oxygen atoms in total. The molecule has 506 valence electrons. The number of esters is 2. The Morgan fingerprint density at radius 2 is 0.444 bits per heavy atom. The van der Waals surface area contributed by atoms with Crippen LogP contribution in [0, 0.1) is 0 Å². The fourth-order valence-electron chi connectivity index (χ4n) is 9.94. The maximum atomic E-state index is 12.4. The molecule has 0 bridgehead atoms. The number of carbonyl (C=O) groups is 2. The molecule has 0 aliphatic rings. The summed E-state index contributed by atoms with van der Waals surface area (Å²) in [6.45, 7) is 3.91. The second-order valence-electron chi connectivity index (χ2n) is 23.9. The first kappa shape index (κ1) is 84.7. The molecule has 0 aromatic carbocycles. The van der Waals surface area contributed by atoms with Crippen LogP contribution in [0.4, 0.5) is 0 Å². The molecule has 0 aliphatic heterocycles. The van der Waals surface area contributed by atoms with Crippen LogP contribution in [0.2, 0.25) is 0 Å². The fourth-order valence-corrected chi connectivity index (χ4v) is 9.94. The van der Waals surface area contributed by atoms with E-state index in [1.54, 1.807) is 0 Å². The maximum absolute atomic E-state index is 12.4. The van der Waals surface area contributed by atoms with Crippen molar-refractivity contribution in [3.05, 3.63) is 194 Å². The Morgan fingerprint density at radius 1 is 0.256 bits per heavy atom. The van der Waals surface area contributed by atoms with Gasteiger partial charge in [-0.1, -0.05) is 350 Å². The Balaban J connectivity index is 3.55. The second kappa shape index (κ2) is 78.0. The average molecular weight is 1240 g/mol. The van der Waals surface area contributed by atoms with Gasteiger partial charge in [0.1, 0.15) is 6.61 Å². The summed E-state index contributed by atoms with van der Waals surface area (Å²) in [7, 11) is 0. The van der Waals surface area contributed by atoms with Gasteiger partial charge >= 0.3 is 11.9 Å². The molecule has 0 rings (SSSR count). The maximum Gasteiger partial charge on any atom is 0.306 e. The number of aliphatic hydroxyl groups is 1. The highest BCUT2D eigenvalue weighted by atomic mass is 16.6. The number of aliphatic hydroxyl groups excluding tert-OH is 1. The highest BCUT2D eigenvalue weighted by molar-refractivity contribution is 5.70. The van der Waals surface area contributed by atoms with E-state index in [-0.39, 0.29) is 25.2 Å². The zero-order valence-corrected chi connectivity index (χ0v) is 58.1. The van der Waals surface area contributed by atoms with E-state index in [4.69, 9.17) is 9.47 Å². The van der Waals surface area contributed by atoms with E-state index >= 15 is 0 Å². The first-order chi connectivity index (χ1) is 44.6. The minimum absolute atomic E-state index is 0.0803. The summed E-state index contributed by atoms with van der Waals surface area (Å²) in [4.78, 5) is 24.7. The van der Waals surface area contributed by atoms with Gasteiger partial charge in [0, 0.05) is 12.8 Å². The minimum atomic E-state index is -0.794. The second-order valence-corrected chi connectivity index (χ2v) is 23.9. The van der Waals surface area contributed by atoms with Crippen molar-refractivity contribution in [3.63, 3.8) is 0 Å². The van der Waals surface area contributed by atoms with Gasteiger partial charge in [-0.3, -0.25) is 9.59 Å². The van der Waals surface area contributed by atoms with Crippen molar-refractivity contribution < 1.29 is 24.2 Å². The molecule has 0 aliphatic carbocycles. The monoisotopic (exact) mass is 1240 g/mol. The van der Waals surface area contributed by atoms with Gasteiger partial charge in [0.2, 0.25) is 0 Å². The predicted molar refractivity (Wildman–Crippen MR) is 398 cm³/mol.